The van der Waals surface area contributed by atoms with Crippen LogP contribution in [-0.4, -0.2) is 77.9 Å². The number of nitrogens with zero attached hydrogens (tertiary/aromatic N) is 2. The molecule has 3 aromatic rings. The van der Waals surface area contributed by atoms with E-state index in [9.17, 15) is 19.1 Å². The molecule has 2 unspecified atom stereocenters. The number of hydrogen-bond donors (Lipinski definition) is 2. The molecule has 2 heterocycles. The van der Waals surface area contributed by atoms with Gasteiger partial charge in [0.05, 0.1) is 17.1 Å². The highest BCUT2D eigenvalue weighted by Crippen LogP contribution is 2.40. The Balaban J connectivity index is 1.21. The van der Waals surface area contributed by atoms with Crippen LogP contribution in [0.25, 0.3) is 5.57 Å². The second-order valence-electron chi connectivity index (χ2n) is 12.3. The van der Waals surface area contributed by atoms with E-state index in [1.165, 1.54) is 17.0 Å². The van der Waals surface area contributed by atoms with Crippen molar-refractivity contribution in [2.24, 2.45) is 0 Å². The summed E-state index contributed by atoms with van der Waals surface area (Å²) in [5.41, 5.74) is 5.44. The number of nitrogens with one attached hydrogen (secondary N) is 1. The lowest BCUT2D eigenvalue weighted by molar-refractivity contribution is -0.128. The first-order valence-electron chi connectivity index (χ1n) is 15.8. The fourth-order valence-corrected chi connectivity index (χ4v) is 6.72. The summed E-state index contributed by atoms with van der Waals surface area (Å²) < 4.78 is 25.3. The minimum absolute atomic E-state index is 0.117. The average molecular weight is 648 g/mol. The second-order valence-corrected chi connectivity index (χ2v) is 12.7. The van der Waals surface area contributed by atoms with Crippen molar-refractivity contribution < 1.29 is 28.6 Å². The predicted octanol–water partition coefficient (Wildman–Crippen LogP) is 6.27. The van der Waals surface area contributed by atoms with Crippen LogP contribution >= 0.6 is 11.6 Å². The molecule has 1 aliphatic carbocycles. The third kappa shape index (κ3) is 7.00. The first-order valence-corrected chi connectivity index (χ1v) is 16.2. The number of carboxylic acid groups (broad SMARTS) is 1. The summed E-state index contributed by atoms with van der Waals surface area (Å²) in [6.45, 7) is 6.03. The van der Waals surface area contributed by atoms with Gasteiger partial charge >= 0.3 is 6.09 Å². The fourth-order valence-electron chi connectivity index (χ4n) is 6.45. The van der Waals surface area contributed by atoms with Crippen LogP contribution in [0.4, 0.5) is 9.18 Å². The van der Waals surface area contributed by atoms with E-state index in [1.807, 2.05) is 55.1 Å². The van der Waals surface area contributed by atoms with Crippen molar-refractivity contribution >= 4 is 29.2 Å². The van der Waals surface area contributed by atoms with E-state index >= 15 is 0 Å². The van der Waals surface area contributed by atoms with Gasteiger partial charge in [0, 0.05) is 31.2 Å². The standard InChI is InChI=1S/C36H39ClFN3O5/c1-22-17-31(37)33(18-23(22)2)46-16-15-45-29-11-5-25(6-12-29)30-19-28-20-39-21-32(41(28)36(43)44)34(30)35(42)40(27-9-10-27)14-13-24-3-7-26(38)8-4-24/h3-8,11-12,17-18,27-28,32,39H,9-10,13-16,19-21H2,1-2H3,(H,43,44). The summed E-state index contributed by atoms with van der Waals surface area (Å²) in [6.07, 6.45) is 1.83. The van der Waals surface area contributed by atoms with E-state index in [0.29, 0.717) is 67.8 Å². The van der Waals surface area contributed by atoms with Crippen LogP contribution < -0.4 is 14.8 Å². The molecule has 2 N–H and O–H groups in total. The zero-order valence-corrected chi connectivity index (χ0v) is 26.9. The van der Waals surface area contributed by atoms with Crippen molar-refractivity contribution in [3.63, 3.8) is 0 Å². The SMILES string of the molecule is Cc1cc(Cl)c(OCCOc2ccc(C3=C(C(=O)N(CCc4ccc(F)cc4)C4CC4)C4CNCC(C3)N4C(=O)O)cc2)cc1C. The van der Waals surface area contributed by atoms with Crippen LogP contribution in [-0.2, 0) is 11.2 Å². The number of piperazine rings is 1. The molecule has 2 amide bonds. The molecule has 8 nitrogen and oxygen atoms in total. The Morgan fingerprint density at radius 3 is 2.39 bits per heavy atom. The summed E-state index contributed by atoms with van der Waals surface area (Å²) >= 11 is 6.33. The summed E-state index contributed by atoms with van der Waals surface area (Å²) in [5, 5.41) is 14.1. The molecule has 2 fully saturated rings. The van der Waals surface area contributed by atoms with Crippen LogP contribution in [0.5, 0.6) is 11.5 Å². The van der Waals surface area contributed by atoms with Crippen LogP contribution in [0.3, 0.4) is 0 Å². The number of carbonyl (C=O) groups excluding carboxylic acids is 1. The van der Waals surface area contributed by atoms with E-state index < -0.39 is 12.1 Å². The topological polar surface area (TPSA) is 91.3 Å². The van der Waals surface area contributed by atoms with Crippen molar-refractivity contribution in [2.45, 2.75) is 57.7 Å². The lowest BCUT2D eigenvalue weighted by atomic mass is 9.82. The van der Waals surface area contributed by atoms with Gasteiger partial charge in [-0.2, -0.15) is 0 Å². The third-order valence-electron chi connectivity index (χ3n) is 9.16. The highest BCUT2D eigenvalue weighted by Gasteiger charge is 2.46. The van der Waals surface area contributed by atoms with Crippen molar-refractivity contribution in [1.29, 1.82) is 0 Å². The first kappa shape index (κ1) is 31.9. The minimum atomic E-state index is -1.02. The monoisotopic (exact) mass is 647 g/mol. The molecule has 2 atom stereocenters. The van der Waals surface area contributed by atoms with Gasteiger partial charge in [-0.3, -0.25) is 9.69 Å². The molecule has 3 aliphatic rings. The number of halogens is 2. The van der Waals surface area contributed by atoms with Gasteiger partial charge < -0.3 is 24.8 Å². The first-order chi connectivity index (χ1) is 22.2. The Morgan fingerprint density at radius 2 is 1.70 bits per heavy atom. The summed E-state index contributed by atoms with van der Waals surface area (Å²) in [4.78, 5) is 30.2. The summed E-state index contributed by atoms with van der Waals surface area (Å²) in [5.74, 6) is 0.866. The predicted molar refractivity (Wildman–Crippen MR) is 175 cm³/mol. The molecule has 1 saturated heterocycles. The van der Waals surface area contributed by atoms with Crippen LogP contribution in [0.1, 0.15) is 41.5 Å². The van der Waals surface area contributed by atoms with Crippen molar-refractivity contribution in [3.05, 3.63) is 99.3 Å². The van der Waals surface area contributed by atoms with Crippen LogP contribution in [0.15, 0.2) is 66.2 Å². The van der Waals surface area contributed by atoms with E-state index in [2.05, 4.69) is 5.32 Å². The van der Waals surface area contributed by atoms with E-state index in [0.717, 1.165) is 40.7 Å². The average Bonchev–Trinajstić information content (AvgIpc) is 3.88. The molecule has 1 saturated carbocycles. The smallest absolute Gasteiger partial charge is 0.408 e. The molecule has 242 valence electrons. The molecule has 46 heavy (non-hydrogen) atoms. The minimum Gasteiger partial charge on any atom is -0.490 e. The van der Waals surface area contributed by atoms with Crippen LogP contribution in [0.2, 0.25) is 5.02 Å². The molecular weight excluding hydrogens is 609 g/mol. The van der Waals surface area contributed by atoms with Gasteiger partial charge in [-0.25, -0.2) is 9.18 Å². The fraction of sp³-hybridized carbons (Fsp3) is 0.389. The van der Waals surface area contributed by atoms with Crippen molar-refractivity contribution in [2.75, 3.05) is 32.8 Å². The van der Waals surface area contributed by atoms with Gasteiger partial charge in [0.25, 0.3) is 5.91 Å². The maximum absolute atomic E-state index is 14.4. The highest BCUT2D eigenvalue weighted by molar-refractivity contribution is 6.32. The Kier molecular flexibility index (Phi) is 9.52. The molecule has 0 spiro atoms. The highest BCUT2D eigenvalue weighted by atomic mass is 35.5. The number of carbonyl (C=O) groups is 2. The lowest BCUT2D eigenvalue weighted by Gasteiger charge is -2.47. The number of aryl methyl sites for hydroxylation is 2. The van der Waals surface area contributed by atoms with E-state index in [-0.39, 0.29) is 23.8 Å². The van der Waals surface area contributed by atoms with E-state index in [4.69, 9.17) is 21.1 Å². The lowest BCUT2D eigenvalue weighted by Crippen LogP contribution is -2.63. The van der Waals surface area contributed by atoms with Gasteiger partial charge in [0.1, 0.15) is 30.5 Å². The molecule has 3 aromatic carbocycles. The second kappa shape index (κ2) is 13.7. The summed E-state index contributed by atoms with van der Waals surface area (Å²) in [6, 6.07) is 17.0. The quantitative estimate of drug-likeness (QED) is 0.239. The zero-order valence-electron chi connectivity index (χ0n) is 26.1. The molecule has 0 aromatic heterocycles. The van der Waals surface area contributed by atoms with Gasteiger partial charge in [-0.15, -0.1) is 0 Å². The molecule has 2 bridgehead atoms. The number of hydrogen-bond acceptors (Lipinski definition) is 5. The maximum Gasteiger partial charge on any atom is 0.408 e. The van der Waals surface area contributed by atoms with Crippen LogP contribution in [0, 0.1) is 19.7 Å². The summed E-state index contributed by atoms with van der Waals surface area (Å²) in [7, 11) is 0. The Bertz CT molecular complexity index is 1620. The number of fused-ring (bicyclic) bond motifs is 2. The Labute approximate surface area is 273 Å². The Morgan fingerprint density at radius 1 is 1.00 bits per heavy atom. The normalized spacial score (nSPS) is 19.2. The van der Waals surface area contributed by atoms with Gasteiger partial charge in [-0.1, -0.05) is 35.9 Å². The third-order valence-corrected chi connectivity index (χ3v) is 9.46. The van der Waals surface area contributed by atoms with Gasteiger partial charge in [0.15, 0.2) is 0 Å². The number of ether oxygens (including phenoxy) is 2. The molecule has 2 aliphatic heterocycles. The van der Waals surface area contributed by atoms with Gasteiger partial charge in [0.2, 0.25) is 0 Å². The largest absolute Gasteiger partial charge is 0.490 e. The molecule has 10 heteroatoms. The maximum atomic E-state index is 14.4. The van der Waals surface area contributed by atoms with Crippen molar-refractivity contribution in [1.82, 2.24) is 15.1 Å². The van der Waals surface area contributed by atoms with Crippen molar-refractivity contribution in [3.8, 4) is 11.5 Å². The molecular formula is C36H39ClFN3O5. The number of rotatable bonds is 11. The zero-order chi connectivity index (χ0) is 32.4. The van der Waals surface area contributed by atoms with Gasteiger partial charge in [-0.05, 0) is 104 Å². The Hall–Kier alpha value is -4.08. The number of benzene rings is 3. The van der Waals surface area contributed by atoms with E-state index in [1.54, 1.807) is 12.1 Å². The molecule has 6 rings (SSSR count). The molecule has 0 radical (unpaired) electrons. The number of amides is 2.